The summed E-state index contributed by atoms with van der Waals surface area (Å²) in [7, 11) is 0. The summed E-state index contributed by atoms with van der Waals surface area (Å²) in [6.07, 6.45) is 1.13. The molecule has 3 aromatic rings. The molecule has 1 fully saturated rings. The van der Waals surface area contributed by atoms with Crippen LogP contribution in [0.2, 0.25) is 5.02 Å². The third-order valence-corrected chi connectivity index (χ3v) is 6.22. The van der Waals surface area contributed by atoms with Crippen LogP contribution in [0.5, 0.6) is 0 Å². The first-order valence-corrected chi connectivity index (χ1v) is 11.7. The van der Waals surface area contributed by atoms with Crippen LogP contribution in [0.25, 0.3) is 0 Å². The Hall–Kier alpha value is -3.64. The summed E-state index contributed by atoms with van der Waals surface area (Å²) >= 11 is 5.90. The summed E-state index contributed by atoms with van der Waals surface area (Å²) < 4.78 is 0. The first kappa shape index (κ1) is 23.5. The number of anilines is 1. The Kier molecular flexibility index (Phi) is 7.60. The van der Waals surface area contributed by atoms with E-state index in [0.29, 0.717) is 54.3 Å². The van der Waals surface area contributed by atoms with Crippen LogP contribution in [0, 0.1) is 5.92 Å². The molecular formula is C27H26ClN3O3. The molecule has 1 saturated heterocycles. The van der Waals surface area contributed by atoms with Crippen LogP contribution in [-0.4, -0.2) is 35.7 Å². The monoisotopic (exact) mass is 475 g/mol. The van der Waals surface area contributed by atoms with Crippen molar-refractivity contribution in [3.05, 3.63) is 101 Å². The fourth-order valence-corrected chi connectivity index (χ4v) is 4.14. The van der Waals surface area contributed by atoms with Crippen molar-refractivity contribution in [3.8, 4) is 0 Å². The molecule has 3 aromatic carbocycles. The van der Waals surface area contributed by atoms with Gasteiger partial charge in [0.1, 0.15) is 0 Å². The second-order valence-corrected chi connectivity index (χ2v) is 8.71. The number of nitrogens with zero attached hydrogens (tertiary/aromatic N) is 1. The van der Waals surface area contributed by atoms with E-state index < -0.39 is 0 Å². The molecule has 3 amide bonds. The number of rotatable bonds is 6. The Labute approximate surface area is 203 Å². The SMILES string of the molecule is O=C(NCc1ccccc1)c1ccccc1NC(=O)C1CCN(C(=O)c2ccc(Cl)cc2)CC1. The standard InChI is InChI=1S/C27H26ClN3O3/c28-22-12-10-21(11-13-22)27(34)31-16-14-20(15-17-31)25(32)30-24-9-5-4-8-23(24)26(33)29-18-19-6-2-1-3-7-19/h1-13,20H,14-18H2,(H,29,33)(H,30,32). The van der Waals surface area contributed by atoms with Gasteiger partial charge in [0.25, 0.3) is 11.8 Å². The van der Waals surface area contributed by atoms with Crippen molar-refractivity contribution < 1.29 is 14.4 Å². The van der Waals surface area contributed by atoms with Gasteiger partial charge in [-0.1, -0.05) is 54.1 Å². The zero-order chi connectivity index (χ0) is 23.9. The van der Waals surface area contributed by atoms with E-state index in [1.165, 1.54) is 0 Å². The molecule has 0 unspecified atom stereocenters. The highest BCUT2D eigenvalue weighted by molar-refractivity contribution is 6.30. The Balaban J connectivity index is 1.33. The van der Waals surface area contributed by atoms with Gasteiger partial charge >= 0.3 is 0 Å². The van der Waals surface area contributed by atoms with E-state index >= 15 is 0 Å². The molecular weight excluding hydrogens is 450 g/mol. The lowest BCUT2D eigenvalue weighted by atomic mass is 9.95. The van der Waals surface area contributed by atoms with Crippen molar-refractivity contribution in [2.24, 2.45) is 5.92 Å². The van der Waals surface area contributed by atoms with E-state index in [1.54, 1.807) is 53.4 Å². The number of para-hydroxylation sites is 1. The molecule has 1 aliphatic heterocycles. The topological polar surface area (TPSA) is 78.5 Å². The maximum atomic E-state index is 12.9. The van der Waals surface area contributed by atoms with Gasteiger partial charge in [-0.25, -0.2) is 0 Å². The number of amides is 3. The van der Waals surface area contributed by atoms with Gasteiger partial charge in [-0.05, 0) is 54.8 Å². The van der Waals surface area contributed by atoms with Gasteiger partial charge in [-0.2, -0.15) is 0 Å². The summed E-state index contributed by atoms with van der Waals surface area (Å²) in [4.78, 5) is 40.2. The first-order chi connectivity index (χ1) is 16.5. The van der Waals surface area contributed by atoms with Crippen LogP contribution >= 0.6 is 11.6 Å². The number of nitrogens with one attached hydrogen (secondary N) is 2. The average Bonchev–Trinajstić information content (AvgIpc) is 2.88. The number of hydrogen-bond acceptors (Lipinski definition) is 3. The Morgan fingerprint density at radius 3 is 2.21 bits per heavy atom. The highest BCUT2D eigenvalue weighted by Crippen LogP contribution is 2.23. The molecule has 0 saturated carbocycles. The van der Waals surface area contributed by atoms with Crippen molar-refractivity contribution in [1.29, 1.82) is 0 Å². The second kappa shape index (κ2) is 11.0. The molecule has 0 radical (unpaired) electrons. The molecule has 7 heteroatoms. The number of piperidine rings is 1. The summed E-state index contributed by atoms with van der Waals surface area (Å²) in [6, 6.07) is 23.5. The number of likely N-dealkylation sites (tertiary alicyclic amines) is 1. The number of hydrogen-bond donors (Lipinski definition) is 2. The molecule has 0 atom stereocenters. The van der Waals surface area contributed by atoms with E-state index in [0.717, 1.165) is 5.56 Å². The Morgan fingerprint density at radius 1 is 0.853 bits per heavy atom. The maximum absolute atomic E-state index is 12.9. The normalized spacial score (nSPS) is 13.9. The molecule has 2 N–H and O–H groups in total. The molecule has 6 nitrogen and oxygen atoms in total. The predicted octanol–water partition coefficient (Wildman–Crippen LogP) is 4.76. The minimum absolute atomic E-state index is 0.0593. The van der Waals surface area contributed by atoms with Crippen molar-refractivity contribution >= 4 is 35.0 Å². The van der Waals surface area contributed by atoms with Crippen LogP contribution in [0.3, 0.4) is 0 Å². The summed E-state index contributed by atoms with van der Waals surface area (Å²) in [5, 5.41) is 6.41. The van der Waals surface area contributed by atoms with Crippen LogP contribution in [0.15, 0.2) is 78.9 Å². The minimum atomic E-state index is -0.247. The van der Waals surface area contributed by atoms with Crippen molar-refractivity contribution in [2.75, 3.05) is 18.4 Å². The van der Waals surface area contributed by atoms with Crippen LogP contribution in [0.1, 0.15) is 39.1 Å². The minimum Gasteiger partial charge on any atom is -0.348 e. The molecule has 0 aliphatic carbocycles. The smallest absolute Gasteiger partial charge is 0.253 e. The average molecular weight is 476 g/mol. The van der Waals surface area contributed by atoms with E-state index in [4.69, 9.17) is 11.6 Å². The van der Waals surface area contributed by atoms with E-state index in [2.05, 4.69) is 10.6 Å². The van der Waals surface area contributed by atoms with E-state index in [-0.39, 0.29) is 23.6 Å². The third kappa shape index (κ3) is 5.83. The van der Waals surface area contributed by atoms with Gasteiger partial charge < -0.3 is 15.5 Å². The number of benzene rings is 3. The zero-order valence-electron chi connectivity index (χ0n) is 18.7. The second-order valence-electron chi connectivity index (χ2n) is 8.28. The van der Waals surface area contributed by atoms with Gasteiger partial charge in [0.05, 0.1) is 11.3 Å². The summed E-state index contributed by atoms with van der Waals surface area (Å²) in [6.45, 7) is 1.40. The molecule has 1 heterocycles. The number of carbonyl (C=O) groups is 3. The molecule has 1 aliphatic rings. The lowest BCUT2D eigenvalue weighted by Gasteiger charge is -2.31. The molecule has 0 spiro atoms. The van der Waals surface area contributed by atoms with Gasteiger partial charge in [0.2, 0.25) is 5.91 Å². The summed E-state index contributed by atoms with van der Waals surface area (Å²) in [5.41, 5.74) is 2.49. The highest BCUT2D eigenvalue weighted by atomic mass is 35.5. The molecule has 0 aromatic heterocycles. The fraction of sp³-hybridized carbons (Fsp3) is 0.222. The van der Waals surface area contributed by atoms with Gasteiger partial charge in [-0.15, -0.1) is 0 Å². The van der Waals surface area contributed by atoms with Crippen LogP contribution in [0.4, 0.5) is 5.69 Å². The zero-order valence-corrected chi connectivity index (χ0v) is 19.4. The van der Waals surface area contributed by atoms with E-state index in [9.17, 15) is 14.4 Å². The molecule has 4 rings (SSSR count). The van der Waals surface area contributed by atoms with Crippen molar-refractivity contribution in [1.82, 2.24) is 10.2 Å². The van der Waals surface area contributed by atoms with Gasteiger partial charge in [0, 0.05) is 36.1 Å². The number of halogens is 1. The molecule has 174 valence electrons. The number of carbonyl (C=O) groups excluding carboxylic acids is 3. The van der Waals surface area contributed by atoms with Crippen LogP contribution in [-0.2, 0) is 11.3 Å². The van der Waals surface area contributed by atoms with Crippen molar-refractivity contribution in [2.45, 2.75) is 19.4 Å². The lowest BCUT2D eigenvalue weighted by Crippen LogP contribution is -2.41. The maximum Gasteiger partial charge on any atom is 0.253 e. The third-order valence-electron chi connectivity index (χ3n) is 5.97. The van der Waals surface area contributed by atoms with E-state index in [1.807, 2.05) is 30.3 Å². The first-order valence-electron chi connectivity index (χ1n) is 11.3. The molecule has 34 heavy (non-hydrogen) atoms. The predicted molar refractivity (Wildman–Crippen MR) is 133 cm³/mol. The van der Waals surface area contributed by atoms with Gasteiger partial charge in [0.15, 0.2) is 0 Å². The Bertz CT molecular complexity index is 1160. The van der Waals surface area contributed by atoms with Crippen molar-refractivity contribution in [3.63, 3.8) is 0 Å². The highest BCUT2D eigenvalue weighted by Gasteiger charge is 2.28. The fourth-order valence-electron chi connectivity index (χ4n) is 4.02. The quantitative estimate of drug-likeness (QED) is 0.539. The van der Waals surface area contributed by atoms with Gasteiger partial charge in [-0.3, -0.25) is 14.4 Å². The molecule has 0 bridgehead atoms. The lowest BCUT2D eigenvalue weighted by molar-refractivity contribution is -0.121. The van der Waals surface area contributed by atoms with Crippen LogP contribution < -0.4 is 10.6 Å². The summed E-state index contributed by atoms with van der Waals surface area (Å²) in [5.74, 6) is -0.671. The largest absolute Gasteiger partial charge is 0.348 e. The Morgan fingerprint density at radius 2 is 1.50 bits per heavy atom.